The second-order valence-corrected chi connectivity index (χ2v) is 5.35. The highest BCUT2D eigenvalue weighted by Crippen LogP contribution is 2.22. The van der Waals surface area contributed by atoms with E-state index in [1.807, 2.05) is 7.05 Å². The highest BCUT2D eigenvalue weighted by Gasteiger charge is 2.24. The number of aromatic nitrogens is 1. The second kappa shape index (κ2) is 6.35. The zero-order valence-corrected chi connectivity index (χ0v) is 12.4. The molecule has 2 rings (SSSR count). The average molecular weight is 263 g/mol. The molecule has 0 aliphatic carbocycles. The molecule has 2 unspecified atom stereocenters. The molecule has 2 atom stereocenters. The van der Waals surface area contributed by atoms with Crippen LogP contribution in [0.2, 0.25) is 0 Å². The molecular weight excluding hydrogens is 238 g/mol. The fraction of sp³-hybridized carbons (Fsp3) is 0.667. The maximum Gasteiger partial charge on any atom is 0.129 e. The molecule has 0 spiro atoms. The van der Waals surface area contributed by atoms with Crippen LogP contribution in [0.5, 0.6) is 0 Å². The molecule has 19 heavy (non-hydrogen) atoms. The summed E-state index contributed by atoms with van der Waals surface area (Å²) in [5, 5.41) is 3.21. The van der Waals surface area contributed by atoms with Gasteiger partial charge in [0.2, 0.25) is 0 Å². The Kier molecular flexibility index (Phi) is 4.77. The third kappa shape index (κ3) is 3.45. The van der Waals surface area contributed by atoms with Crippen LogP contribution < -0.4 is 10.2 Å². The summed E-state index contributed by atoms with van der Waals surface area (Å²) in [6.45, 7) is 9.05. The Hall–Kier alpha value is -1.13. The Bertz CT molecular complexity index is 422. The molecule has 1 aromatic rings. The average Bonchev–Trinajstić information content (AvgIpc) is 2.41. The third-order valence-corrected chi connectivity index (χ3v) is 3.57. The molecule has 0 amide bonds. The van der Waals surface area contributed by atoms with Crippen molar-refractivity contribution < 1.29 is 4.74 Å². The van der Waals surface area contributed by atoms with E-state index >= 15 is 0 Å². The van der Waals surface area contributed by atoms with Crippen LogP contribution in [0, 0.1) is 0 Å². The SMILES string of the molecule is CCc1cc(CNC)cc(N2CC(C)OCC2C)n1. The summed E-state index contributed by atoms with van der Waals surface area (Å²) in [7, 11) is 1.98. The first-order valence-corrected chi connectivity index (χ1v) is 7.16. The quantitative estimate of drug-likeness (QED) is 0.901. The van der Waals surface area contributed by atoms with Gasteiger partial charge in [0.1, 0.15) is 5.82 Å². The monoisotopic (exact) mass is 263 g/mol. The van der Waals surface area contributed by atoms with E-state index in [-0.39, 0.29) is 6.10 Å². The van der Waals surface area contributed by atoms with Gasteiger partial charge in [0.05, 0.1) is 18.8 Å². The maximum atomic E-state index is 5.69. The molecule has 1 saturated heterocycles. The molecule has 0 radical (unpaired) electrons. The van der Waals surface area contributed by atoms with Crippen molar-refractivity contribution >= 4 is 5.82 Å². The minimum atomic E-state index is 0.274. The summed E-state index contributed by atoms with van der Waals surface area (Å²) in [5.41, 5.74) is 2.46. The zero-order chi connectivity index (χ0) is 13.8. The van der Waals surface area contributed by atoms with E-state index in [4.69, 9.17) is 9.72 Å². The van der Waals surface area contributed by atoms with Crippen molar-refractivity contribution in [2.45, 2.75) is 45.9 Å². The van der Waals surface area contributed by atoms with Gasteiger partial charge >= 0.3 is 0 Å². The van der Waals surface area contributed by atoms with Gasteiger partial charge in [-0.05, 0) is 45.0 Å². The molecule has 1 aliphatic rings. The molecule has 106 valence electrons. The number of morpholine rings is 1. The summed E-state index contributed by atoms with van der Waals surface area (Å²) < 4.78 is 5.69. The van der Waals surface area contributed by atoms with E-state index in [1.165, 1.54) is 5.56 Å². The van der Waals surface area contributed by atoms with Gasteiger partial charge in [0.25, 0.3) is 0 Å². The summed E-state index contributed by atoms with van der Waals surface area (Å²) in [6.07, 6.45) is 1.25. The Morgan fingerprint density at radius 1 is 1.42 bits per heavy atom. The first-order chi connectivity index (χ1) is 9.13. The molecule has 1 aromatic heterocycles. The number of rotatable bonds is 4. The van der Waals surface area contributed by atoms with Gasteiger partial charge < -0.3 is 15.0 Å². The standard InChI is InChI=1S/C15H25N3O/c1-5-14-6-13(8-16-4)7-15(17-14)18-9-12(3)19-10-11(18)2/h6-7,11-12,16H,5,8-10H2,1-4H3. The summed E-state index contributed by atoms with van der Waals surface area (Å²) in [4.78, 5) is 7.15. The van der Waals surface area contributed by atoms with Crippen LogP contribution >= 0.6 is 0 Å². The van der Waals surface area contributed by atoms with E-state index in [0.717, 1.165) is 37.6 Å². The molecule has 1 N–H and O–H groups in total. The van der Waals surface area contributed by atoms with E-state index in [9.17, 15) is 0 Å². The second-order valence-electron chi connectivity index (χ2n) is 5.35. The topological polar surface area (TPSA) is 37.4 Å². The molecule has 0 bridgehead atoms. The number of ether oxygens (including phenoxy) is 1. The van der Waals surface area contributed by atoms with Gasteiger partial charge in [-0.2, -0.15) is 0 Å². The smallest absolute Gasteiger partial charge is 0.129 e. The predicted molar refractivity (Wildman–Crippen MR) is 78.6 cm³/mol. The van der Waals surface area contributed by atoms with Gasteiger partial charge in [-0.3, -0.25) is 0 Å². The van der Waals surface area contributed by atoms with Crippen molar-refractivity contribution in [1.29, 1.82) is 0 Å². The minimum absolute atomic E-state index is 0.274. The summed E-state index contributed by atoms with van der Waals surface area (Å²) in [6, 6.07) is 4.77. The third-order valence-electron chi connectivity index (χ3n) is 3.57. The van der Waals surface area contributed by atoms with E-state index in [0.29, 0.717) is 6.04 Å². The lowest BCUT2D eigenvalue weighted by atomic mass is 10.1. The lowest BCUT2D eigenvalue weighted by Gasteiger charge is -2.38. The van der Waals surface area contributed by atoms with Gasteiger partial charge in [0.15, 0.2) is 0 Å². The fourth-order valence-corrected chi connectivity index (χ4v) is 2.49. The first kappa shape index (κ1) is 14.3. The zero-order valence-electron chi connectivity index (χ0n) is 12.4. The van der Waals surface area contributed by atoms with Crippen molar-refractivity contribution in [1.82, 2.24) is 10.3 Å². The van der Waals surface area contributed by atoms with Gasteiger partial charge in [-0.25, -0.2) is 4.98 Å². The van der Waals surface area contributed by atoms with Gasteiger partial charge in [-0.1, -0.05) is 6.92 Å². The van der Waals surface area contributed by atoms with Crippen molar-refractivity contribution in [2.24, 2.45) is 0 Å². The van der Waals surface area contributed by atoms with Crippen molar-refractivity contribution in [3.05, 3.63) is 23.4 Å². The van der Waals surface area contributed by atoms with Crippen LogP contribution in [0.3, 0.4) is 0 Å². The number of nitrogens with one attached hydrogen (secondary N) is 1. The predicted octanol–water partition coefficient (Wildman–Crippen LogP) is 1.98. The lowest BCUT2D eigenvalue weighted by molar-refractivity contribution is 0.0340. The van der Waals surface area contributed by atoms with Crippen molar-refractivity contribution in [3.63, 3.8) is 0 Å². The summed E-state index contributed by atoms with van der Waals surface area (Å²) in [5.74, 6) is 1.09. The fourth-order valence-electron chi connectivity index (χ4n) is 2.49. The number of anilines is 1. The molecule has 2 heterocycles. The van der Waals surface area contributed by atoms with E-state index in [2.05, 4.69) is 43.1 Å². The largest absolute Gasteiger partial charge is 0.375 e. The molecule has 4 nitrogen and oxygen atoms in total. The van der Waals surface area contributed by atoms with E-state index in [1.54, 1.807) is 0 Å². The van der Waals surface area contributed by atoms with Crippen LogP contribution in [-0.2, 0) is 17.7 Å². The maximum absolute atomic E-state index is 5.69. The molecular formula is C15H25N3O. The normalized spacial score (nSPS) is 23.7. The number of hydrogen-bond acceptors (Lipinski definition) is 4. The van der Waals surface area contributed by atoms with Crippen LogP contribution in [0.4, 0.5) is 5.82 Å². The van der Waals surface area contributed by atoms with Crippen LogP contribution in [0.1, 0.15) is 32.0 Å². The molecule has 0 saturated carbocycles. The highest BCUT2D eigenvalue weighted by atomic mass is 16.5. The van der Waals surface area contributed by atoms with Crippen LogP contribution in [-0.4, -0.2) is 37.3 Å². The van der Waals surface area contributed by atoms with Crippen molar-refractivity contribution in [2.75, 3.05) is 25.1 Å². The molecule has 1 fully saturated rings. The number of aryl methyl sites for hydroxylation is 1. The van der Waals surface area contributed by atoms with Crippen LogP contribution in [0.25, 0.3) is 0 Å². The Balaban J connectivity index is 2.28. The van der Waals surface area contributed by atoms with Gasteiger partial charge in [-0.15, -0.1) is 0 Å². The molecule has 0 aromatic carbocycles. The number of nitrogens with zero attached hydrogens (tertiary/aromatic N) is 2. The Labute approximate surface area is 116 Å². The Morgan fingerprint density at radius 3 is 2.89 bits per heavy atom. The lowest BCUT2D eigenvalue weighted by Crippen LogP contribution is -2.47. The van der Waals surface area contributed by atoms with Gasteiger partial charge in [0, 0.05) is 18.8 Å². The summed E-state index contributed by atoms with van der Waals surface area (Å²) >= 11 is 0. The molecule has 1 aliphatic heterocycles. The number of hydrogen-bond donors (Lipinski definition) is 1. The van der Waals surface area contributed by atoms with Crippen molar-refractivity contribution in [3.8, 4) is 0 Å². The molecule has 4 heteroatoms. The first-order valence-electron chi connectivity index (χ1n) is 7.16. The highest BCUT2D eigenvalue weighted by molar-refractivity contribution is 5.44. The minimum Gasteiger partial charge on any atom is -0.375 e. The van der Waals surface area contributed by atoms with Crippen LogP contribution in [0.15, 0.2) is 12.1 Å². The number of pyridine rings is 1. The Morgan fingerprint density at radius 2 is 2.21 bits per heavy atom. The van der Waals surface area contributed by atoms with E-state index < -0.39 is 0 Å².